The Bertz CT molecular complexity index is 468. The molecule has 1 aromatic carbocycles. The predicted molar refractivity (Wildman–Crippen MR) is 80.3 cm³/mol. The molecule has 6 heteroatoms. The maximum Gasteiger partial charge on any atom is 0.317 e. The first-order valence-corrected chi connectivity index (χ1v) is 7.16. The standard InChI is InChI=1S/C14H20BrFN2O2/c1-10(11-4-5-13(16)12(15)8-11)18(9-14(19)20)7-6-17(2)3/h4-5,8,10H,6-7,9H2,1-3H3,(H,19,20). The van der Waals surface area contributed by atoms with Gasteiger partial charge in [-0.2, -0.15) is 0 Å². The summed E-state index contributed by atoms with van der Waals surface area (Å²) in [5.41, 5.74) is 0.887. The maximum atomic E-state index is 13.3. The number of benzene rings is 1. The average Bonchev–Trinajstić information content (AvgIpc) is 2.36. The highest BCUT2D eigenvalue weighted by Crippen LogP contribution is 2.25. The molecule has 0 aliphatic heterocycles. The number of carboxylic acids is 1. The van der Waals surface area contributed by atoms with Crippen LogP contribution in [0.3, 0.4) is 0 Å². The van der Waals surface area contributed by atoms with E-state index in [9.17, 15) is 9.18 Å². The molecule has 0 saturated heterocycles. The minimum Gasteiger partial charge on any atom is -0.480 e. The number of hydrogen-bond acceptors (Lipinski definition) is 3. The zero-order chi connectivity index (χ0) is 15.3. The van der Waals surface area contributed by atoms with Crippen molar-refractivity contribution in [1.82, 2.24) is 9.80 Å². The Morgan fingerprint density at radius 1 is 1.40 bits per heavy atom. The van der Waals surface area contributed by atoms with Gasteiger partial charge in [-0.1, -0.05) is 6.07 Å². The van der Waals surface area contributed by atoms with Crippen LogP contribution in [0.4, 0.5) is 4.39 Å². The summed E-state index contributed by atoms with van der Waals surface area (Å²) in [4.78, 5) is 14.9. The second kappa shape index (κ2) is 7.71. The van der Waals surface area contributed by atoms with Crippen LogP contribution in [0, 0.1) is 5.82 Å². The van der Waals surface area contributed by atoms with Crippen LogP contribution in [-0.2, 0) is 4.79 Å². The lowest BCUT2D eigenvalue weighted by Crippen LogP contribution is -2.37. The van der Waals surface area contributed by atoms with Crippen molar-refractivity contribution in [2.24, 2.45) is 0 Å². The van der Waals surface area contributed by atoms with Crippen LogP contribution in [0.25, 0.3) is 0 Å². The van der Waals surface area contributed by atoms with Gasteiger partial charge in [0.05, 0.1) is 11.0 Å². The average molecular weight is 347 g/mol. The van der Waals surface area contributed by atoms with Crippen molar-refractivity contribution in [2.45, 2.75) is 13.0 Å². The summed E-state index contributed by atoms with van der Waals surface area (Å²) in [6, 6.07) is 4.68. The number of carboxylic acid groups (broad SMARTS) is 1. The Labute approximate surface area is 127 Å². The van der Waals surface area contributed by atoms with Crippen molar-refractivity contribution in [2.75, 3.05) is 33.7 Å². The van der Waals surface area contributed by atoms with E-state index in [-0.39, 0.29) is 18.4 Å². The van der Waals surface area contributed by atoms with Crippen molar-refractivity contribution in [3.8, 4) is 0 Å². The third-order valence-electron chi connectivity index (χ3n) is 3.15. The van der Waals surface area contributed by atoms with Gasteiger partial charge in [0, 0.05) is 19.1 Å². The molecule has 0 amide bonds. The van der Waals surface area contributed by atoms with Gasteiger partial charge in [-0.05, 0) is 54.6 Å². The fraction of sp³-hybridized carbons (Fsp3) is 0.500. The molecule has 1 rings (SSSR count). The van der Waals surface area contributed by atoms with E-state index in [0.717, 1.165) is 12.1 Å². The van der Waals surface area contributed by atoms with Crippen molar-refractivity contribution >= 4 is 21.9 Å². The van der Waals surface area contributed by atoms with Crippen LogP contribution in [0.1, 0.15) is 18.5 Å². The smallest absolute Gasteiger partial charge is 0.317 e. The van der Waals surface area contributed by atoms with Gasteiger partial charge < -0.3 is 10.0 Å². The summed E-state index contributed by atoms with van der Waals surface area (Å²) < 4.78 is 13.7. The van der Waals surface area contributed by atoms with E-state index >= 15 is 0 Å². The van der Waals surface area contributed by atoms with E-state index in [4.69, 9.17) is 5.11 Å². The lowest BCUT2D eigenvalue weighted by molar-refractivity contribution is -0.138. The molecular weight excluding hydrogens is 327 g/mol. The van der Waals surface area contributed by atoms with E-state index in [2.05, 4.69) is 15.9 Å². The Kier molecular flexibility index (Phi) is 6.58. The predicted octanol–water partition coefficient (Wildman–Crippen LogP) is 2.60. The quantitative estimate of drug-likeness (QED) is 0.824. The number of likely N-dealkylation sites (N-methyl/N-ethyl adjacent to an activating group) is 1. The molecule has 1 atom stereocenters. The number of halogens is 2. The molecule has 0 aliphatic carbocycles. The zero-order valence-electron chi connectivity index (χ0n) is 11.9. The Morgan fingerprint density at radius 3 is 2.55 bits per heavy atom. The number of carbonyl (C=O) groups is 1. The van der Waals surface area contributed by atoms with Crippen molar-refractivity contribution < 1.29 is 14.3 Å². The van der Waals surface area contributed by atoms with E-state index in [1.54, 1.807) is 12.1 Å². The number of rotatable bonds is 7. The number of nitrogens with zero attached hydrogens (tertiary/aromatic N) is 2. The van der Waals surface area contributed by atoms with Crippen LogP contribution in [0.2, 0.25) is 0 Å². The summed E-state index contributed by atoms with van der Waals surface area (Å²) in [6.07, 6.45) is 0. The fourth-order valence-electron chi connectivity index (χ4n) is 1.89. The normalized spacial score (nSPS) is 12.9. The first-order valence-electron chi connectivity index (χ1n) is 6.36. The summed E-state index contributed by atoms with van der Waals surface area (Å²) in [6.45, 7) is 3.29. The topological polar surface area (TPSA) is 43.8 Å². The zero-order valence-corrected chi connectivity index (χ0v) is 13.5. The highest BCUT2D eigenvalue weighted by atomic mass is 79.9. The summed E-state index contributed by atoms with van der Waals surface area (Å²) in [5, 5.41) is 9.02. The van der Waals surface area contributed by atoms with Crippen LogP contribution in [0.15, 0.2) is 22.7 Å². The van der Waals surface area contributed by atoms with Crippen LogP contribution < -0.4 is 0 Å². The van der Waals surface area contributed by atoms with Gasteiger partial charge in [-0.3, -0.25) is 9.69 Å². The summed E-state index contributed by atoms with van der Waals surface area (Å²) >= 11 is 3.16. The minimum atomic E-state index is -0.864. The number of hydrogen-bond donors (Lipinski definition) is 1. The third kappa shape index (κ3) is 5.19. The minimum absolute atomic E-state index is 0.0377. The molecule has 0 saturated carbocycles. The molecule has 20 heavy (non-hydrogen) atoms. The van der Waals surface area contributed by atoms with E-state index < -0.39 is 5.97 Å². The molecule has 4 nitrogen and oxygen atoms in total. The van der Waals surface area contributed by atoms with Gasteiger partial charge >= 0.3 is 5.97 Å². The van der Waals surface area contributed by atoms with E-state index in [1.807, 2.05) is 30.8 Å². The van der Waals surface area contributed by atoms with E-state index in [0.29, 0.717) is 11.0 Å². The summed E-state index contributed by atoms with van der Waals surface area (Å²) in [5.74, 6) is -1.18. The molecule has 0 bridgehead atoms. The van der Waals surface area contributed by atoms with Gasteiger partial charge in [-0.15, -0.1) is 0 Å². The van der Waals surface area contributed by atoms with Gasteiger partial charge in [0.15, 0.2) is 0 Å². The molecule has 0 spiro atoms. The first-order chi connectivity index (χ1) is 9.31. The van der Waals surface area contributed by atoms with Crippen molar-refractivity contribution in [3.63, 3.8) is 0 Å². The molecule has 1 unspecified atom stereocenters. The molecule has 0 heterocycles. The monoisotopic (exact) mass is 346 g/mol. The Morgan fingerprint density at radius 2 is 2.05 bits per heavy atom. The second-order valence-corrected chi connectivity index (χ2v) is 5.87. The number of aliphatic carboxylic acids is 1. The molecule has 112 valence electrons. The highest BCUT2D eigenvalue weighted by molar-refractivity contribution is 9.10. The summed E-state index contributed by atoms with van der Waals surface area (Å²) in [7, 11) is 3.89. The third-order valence-corrected chi connectivity index (χ3v) is 3.75. The van der Waals surface area contributed by atoms with Gasteiger partial charge in [0.2, 0.25) is 0 Å². The fourth-order valence-corrected chi connectivity index (χ4v) is 2.29. The Hall–Kier alpha value is -0.980. The molecule has 0 radical (unpaired) electrons. The maximum absolute atomic E-state index is 13.3. The SMILES string of the molecule is CC(c1ccc(F)c(Br)c1)N(CCN(C)C)CC(=O)O. The second-order valence-electron chi connectivity index (χ2n) is 5.02. The molecule has 1 N–H and O–H groups in total. The van der Waals surface area contributed by atoms with Crippen molar-refractivity contribution in [3.05, 3.63) is 34.1 Å². The first kappa shape index (κ1) is 17.1. The molecule has 1 aromatic rings. The van der Waals surface area contributed by atoms with E-state index in [1.165, 1.54) is 6.07 Å². The Balaban J connectivity index is 2.87. The van der Waals surface area contributed by atoms with Crippen LogP contribution in [0.5, 0.6) is 0 Å². The molecular formula is C14H20BrFN2O2. The molecule has 0 aromatic heterocycles. The van der Waals surface area contributed by atoms with Gasteiger partial charge in [-0.25, -0.2) is 4.39 Å². The largest absolute Gasteiger partial charge is 0.480 e. The van der Waals surface area contributed by atoms with Crippen LogP contribution in [-0.4, -0.2) is 54.6 Å². The highest BCUT2D eigenvalue weighted by Gasteiger charge is 2.19. The van der Waals surface area contributed by atoms with Crippen LogP contribution >= 0.6 is 15.9 Å². The van der Waals surface area contributed by atoms with Gasteiger partial charge in [0.25, 0.3) is 0 Å². The lowest BCUT2D eigenvalue weighted by atomic mass is 10.1. The van der Waals surface area contributed by atoms with Crippen molar-refractivity contribution in [1.29, 1.82) is 0 Å². The lowest BCUT2D eigenvalue weighted by Gasteiger charge is -2.29. The van der Waals surface area contributed by atoms with Gasteiger partial charge in [0.1, 0.15) is 5.82 Å². The molecule has 0 aliphatic rings. The molecule has 0 fully saturated rings.